The number of rotatable bonds is 9. The van der Waals surface area contributed by atoms with Gasteiger partial charge in [0.25, 0.3) is 0 Å². The highest BCUT2D eigenvalue weighted by molar-refractivity contribution is 5.13. The Morgan fingerprint density at radius 1 is 1.10 bits per heavy atom. The molecule has 0 saturated heterocycles. The Bertz CT molecular complexity index is 372. The molecule has 0 radical (unpaired) electrons. The molecular formula is C18H28O2. The van der Waals surface area contributed by atoms with Gasteiger partial charge in [0.05, 0.1) is 18.8 Å². The summed E-state index contributed by atoms with van der Waals surface area (Å²) in [5, 5.41) is 0. The second kappa shape index (κ2) is 8.93. The molecule has 0 saturated carbocycles. The third-order valence-electron chi connectivity index (χ3n) is 3.78. The van der Waals surface area contributed by atoms with Crippen molar-refractivity contribution >= 4 is 0 Å². The van der Waals surface area contributed by atoms with Crippen molar-refractivity contribution in [3.63, 3.8) is 0 Å². The van der Waals surface area contributed by atoms with E-state index < -0.39 is 0 Å². The molecule has 0 aliphatic rings. The van der Waals surface area contributed by atoms with E-state index in [1.807, 2.05) is 24.3 Å². The van der Waals surface area contributed by atoms with E-state index in [0.717, 1.165) is 6.42 Å². The third kappa shape index (κ3) is 5.48. The third-order valence-corrected chi connectivity index (χ3v) is 3.78. The van der Waals surface area contributed by atoms with Gasteiger partial charge in [-0.2, -0.15) is 0 Å². The van der Waals surface area contributed by atoms with Gasteiger partial charge >= 0.3 is 0 Å². The lowest BCUT2D eigenvalue weighted by Gasteiger charge is -2.28. The molecule has 0 aromatic heterocycles. The van der Waals surface area contributed by atoms with Crippen LogP contribution in [0.25, 0.3) is 0 Å². The van der Waals surface area contributed by atoms with E-state index in [0.29, 0.717) is 18.4 Å². The van der Waals surface area contributed by atoms with E-state index in [2.05, 4.69) is 39.5 Å². The fraction of sp³-hybridized carbons (Fsp3) is 0.556. The van der Waals surface area contributed by atoms with Crippen LogP contribution in [0.1, 0.15) is 32.8 Å². The van der Waals surface area contributed by atoms with Gasteiger partial charge in [-0.3, -0.25) is 0 Å². The summed E-state index contributed by atoms with van der Waals surface area (Å²) in [6, 6.07) is 10.3. The Kier molecular flexibility index (Phi) is 7.56. The highest BCUT2D eigenvalue weighted by Gasteiger charge is 2.23. The molecule has 0 aliphatic carbocycles. The first-order valence-electron chi connectivity index (χ1n) is 7.39. The minimum absolute atomic E-state index is 0.163. The SMILES string of the molecule is C=C[C@H](C)[C@H](C[C@H](OCc1ccccc1)C(C)C)OC. The van der Waals surface area contributed by atoms with E-state index in [1.54, 1.807) is 7.11 Å². The molecule has 112 valence electrons. The van der Waals surface area contributed by atoms with Gasteiger partial charge in [0.15, 0.2) is 0 Å². The molecule has 3 atom stereocenters. The summed E-state index contributed by atoms with van der Waals surface area (Å²) in [4.78, 5) is 0. The molecule has 0 N–H and O–H groups in total. The summed E-state index contributed by atoms with van der Waals surface area (Å²) in [6.07, 6.45) is 3.20. The first-order chi connectivity index (χ1) is 9.58. The number of methoxy groups -OCH3 is 1. The summed E-state index contributed by atoms with van der Waals surface area (Å²) >= 11 is 0. The molecule has 0 amide bonds. The van der Waals surface area contributed by atoms with Gasteiger partial charge in [0.1, 0.15) is 0 Å². The highest BCUT2D eigenvalue weighted by atomic mass is 16.5. The van der Waals surface area contributed by atoms with Crippen LogP contribution in [-0.4, -0.2) is 19.3 Å². The Labute approximate surface area is 123 Å². The maximum atomic E-state index is 6.10. The molecule has 1 aromatic rings. The maximum Gasteiger partial charge on any atom is 0.0720 e. The molecule has 2 heteroatoms. The van der Waals surface area contributed by atoms with Gasteiger partial charge < -0.3 is 9.47 Å². The van der Waals surface area contributed by atoms with Crippen molar-refractivity contribution in [1.82, 2.24) is 0 Å². The number of hydrogen-bond acceptors (Lipinski definition) is 2. The van der Waals surface area contributed by atoms with Crippen LogP contribution in [0.15, 0.2) is 43.0 Å². The lowest BCUT2D eigenvalue weighted by atomic mass is 9.94. The molecule has 0 heterocycles. The maximum absolute atomic E-state index is 6.10. The van der Waals surface area contributed by atoms with Gasteiger partial charge in [0, 0.05) is 19.4 Å². The van der Waals surface area contributed by atoms with Crippen LogP contribution in [0.3, 0.4) is 0 Å². The normalized spacial score (nSPS) is 15.8. The quantitative estimate of drug-likeness (QED) is 0.620. The smallest absolute Gasteiger partial charge is 0.0720 e. The van der Waals surface area contributed by atoms with Crippen molar-refractivity contribution in [2.24, 2.45) is 11.8 Å². The van der Waals surface area contributed by atoms with E-state index in [4.69, 9.17) is 9.47 Å². The van der Waals surface area contributed by atoms with Crippen molar-refractivity contribution in [2.45, 2.75) is 46.0 Å². The number of hydrogen-bond donors (Lipinski definition) is 0. The zero-order valence-electron chi connectivity index (χ0n) is 13.2. The first-order valence-corrected chi connectivity index (χ1v) is 7.39. The van der Waals surface area contributed by atoms with Crippen LogP contribution in [0, 0.1) is 11.8 Å². The van der Waals surface area contributed by atoms with Crippen LogP contribution in [0.2, 0.25) is 0 Å². The molecule has 0 fully saturated rings. The summed E-state index contributed by atoms with van der Waals surface area (Å²) in [6.45, 7) is 11.0. The number of benzene rings is 1. The van der Waals surface area contributed by atoms with E-state index in [-0.39, 0.29) is 12.2 Å². The average molecular weight is 276 g/mol. The summed E-state index contributed by atoms with van der Waals surface area (Å²) in [5.41, 5.74) is 1.21. The summed E-state index contributed by atoms with van der Waals surface area (Å²) in [5.74, 6) is 0.801. The summed E-state index contributed by atoms with van der Waals surface area (Å²) < 4.78 is 11.7. The second-order valence-corrected chi connectivity index (χ2v) is 5.68. The van der Waals surface area contributed by atoms with Gasteiger partial charge in [-0.25, -0.2) is 0 Å². The fourth-order valence-corrected chi connectivity index (χ4v) is 2.22. The second-order valence-electron chi connectivity index (χ2n) is 5.68. The van der Waals surface area contributed by atoms with Crippen molar-refractivity contribution < 1.29 is 9.47 Å². The van der Waals surface area contributed by atoms with Gasteiger partial charge in [0.2, 0.25) is 0 Å². The van der Waals surface area contributed by atoms with Gasteiger partial charge in [-0.1, -0.05) is 57.2 Å². The standard InChI is InChI=1S/C18H28O2/c1-6-15(4)18(19-5)12-17(14(2)3)20-13-16-10-8-7-9-11-16/h6-11,14-15,17-18H,1,12-13H2,2-5H3/t15-,17-,18-/m0/s1. The van der Waals surface area contributed by atoms with E-state index >= 15 is 0 Å². The topological polar surface area (TPSA) is 18.5 Å². The Hall–Kier alpha value is -1.12. The fourth-order valence-electron chi connectivity index (χ4n) is 2.22. The van der Waals surface area contributed by atoms with E-state index in [9.17, 15) is 0 Å². The monoisotopic (exact) mass is 276 g/mol. The first kappa shape index (κ1) is 16.9. The molecule has 1 aromatic carbocycles. The largest absolute Gasteiger partial charge is 0.381 e. The van der Waals surface area contributed by atoms with Crippen molar-refractivity contribution in [1.29, 1.82) is 0 Å². The average Bonchev–Trinajstić information content (AvgIpc) is 2.47. The van der Waals surface area contributed by atoms with Crippen LogP contribution >= 0.6 is 0 Å². The predicted octanol–water partition coefficient (Wildman–Crippen LogP) is 4.46. The molecule has 1 rings (SSSR count). The number of ether oxygens (including phenoxy) is 2. The lowest BCUT2D eigenvalue weighted by molar-refractivity contribution is -0.0395. The van der Waals surface area contributed by atoms with Crippen LogP contribution in [-0.2, 0) is 16.1 Å². The van der Waals surface area contributed by atoms with E-state index in [1.165, 1.54) is 5.56 Å². The molecule has 0 unspecified atom stereocenters. The Morgan fingerprint density at radius 3 is 2.25 bits per heavy atom. The molecule has 0 spiro atoms. The van der Waals surface area contributed by atoms with Gasteiger partial charge in [-0.05, 0) is 11.5 Å². The zero-order valence-corrected chi connectivity index (χ0v) is 13.2. The van der Waals surface area contributed by atoms with Crippen LogP contribution < -0.4 is 0 Å². The van der Waals surface area contributed by atoms with Crippen molar-refractivity contribution in [3.8, 4) is 0 Å². The van der Waals surface area contributed by atoms with Crippen molar-refractivity contribution in [2.75, 3.05) is 7.11 Å². The highest BCUT2D eigenvalue weighted by Crippen LogP contribution is 2.21. The molecule has 0 bridgehead atoms. The molecular weight excluding hydrogens is 248 g/mol. The van der Waals surface area contributed by atoms with Crippen molar-refractivity contribution in [3.05, 3.63) is 48.6 Å². The molecule has 2 nitrogen and oxygen atoms in total. The minimum Gasteiger partial charge on any atom is -0.381 e. The molecule has 0 aliphatic heterocycles. The van der Waals surface area contributed by atoms with Crippen LogP contribution in [0.4, 0.5) is 0 Å². The Balaban J connectivity index is 2.58. The Morgan fingerprint density at radius 2 is 1.75 bits per heavy atom. The van der Waals surface area contributed by atoms with Gasteiger partial charge in [-0.15, -0.1) is 6.58 Å². The minimum atomic E-state index is 0.163. The van der Waals surface area contributed by atoms with Crippen LogP contribution in [0.5, 0.6) is 0 Å². The lowest BCUT2D eigenvalue weighted by Crippen LogP contribution is -2.30. The predicted molar refractivity (Wildman–Crippen MR) is 84.6 cm³/mol. The molecule has 20 heavy (non-hydrogen) atoms. The summed E-state index contributed by atoms with van der Waals surface area (Å²) in [7, 11) is 1.76. The zero-order chi connectivity index (χ0) is 15.0.